The molecular weight excluding hydrogens is 247 g/mol. The summed E-state index contributed by atoms with van der Waals surface area (Å²) in [5.41, 5.74) is 0. The van der Waals surface area contributed by atoms with Gasteiger partial charge in [0.15, 0.2) is 6.29 Å². The van der Waals surface area contributed by atoms with Crippen molar-refractivity contribution in [2.45, 2.75) is 30.7 Å². The van der Waals surface area contributed by atoms with Gasteiger partial charge in [0, 0.05) is 0 Å². The largest absolute Gasteiger partial charge is 0.470 e. The van der Waals surface area contributed by atoms with Gasteiger partial charge < -0.3 is 34.9 Å². The van der Waals surface area contributed by atoms with E-state index in [1.807, 2.05) is 0 Å². The van der Waals surface area contributed by atoms with E-state index < -0.39 is 45.1 Å². The average molecular weight is 260 g/mol. The highest BCUT2D eigenvalue weighted by Gasteiger charge is 2.46. The second-order valence-electron chi connectivity index (χ2n) is 3.29. The van der Waals surface area contributed by atoms with E-state index in [9.17, 15) is 14.8 Å². The molecule has 0 aromatic heterocycles. The van der Waals surface area contributed by atoms with Gasteiger partial charge in [-0.1, -0.05) is 0 Å². The molecule has 1 rings (SSSR count). The number of ether oxygens (including phenoxy) is 1. The van der Waals surface area contributed by atoms with Crippen LogP contribution in [0.3, 0.4) is 0 Å². The van der Waals surface area contributed by atoms with Gasteiger partial charge >= 0.3 is 7.82 Å². The minimum atomic E-state index is -4.91. The Hall–Kier alpha value is -0.0900. The van der Waals surface area contributed by atoms with Gasteiger partial charge in [-0.15, -0.1) is 0 Å². The summed E-state index contributed by atoms with van der Waals surface area (Å²) in [5.74, 6) is 0. The van der Waals surface area contributed by atoms with Crippen LogP contribution in [0.15, 0.2) is 0 Å². The molecule has 16 heavy (non-hydrogen) atoms. The SMILES string of the molecule is O=P(O)(O)O[C@H]1[C@H](O)[C@H](O)[C@@H](O)O[C@@H]1CO. The Labute approximate surface area is 90.1 Å². The molecule has 1 aliphatic rings. The van der Waals surface area contributed by atoms with Gasteiger partial charge in [-0.25, -0.2) is 4.57 Å². The first-order valence-corrected chi connectivity index (χ1v) is 5.83. The zero-order valence-corrected chi connectivity index (χ0v) is 8.84. The fourth-order valence-corrected chi connectivity index (χ4v) is 1.93. The Morgan fingerprint density at radius 1 is 1.19 bits per heavy atom. The molecule has 0 amide bonds. The summed E-state index contributed by atoms with van der Waals surface area (Å²) < 4.78 is 19.4. The lowest BCUT2D eigenvalue weighted by Gasteiger charge is -2.39. The number of hydrogen-bond acceptors (Lipinski definition) is 7. The van der Waals surface area contributed by atoms with Gasteiger partial charge in [0.1, 0.15) is 24.4 Å². The van der Waals surface area contributed by atoms with Crippen LogP contribution in [0, 0.1) is 0 Å². The molecule has 0 spiro atoms. The average Bonchev–Trinajstić information content (AvgIpc) is 2.17. The van der Waals surface area contributed by atoms with Crippen molar-refractivity contribution in [3.05, 3.63) is 0 Å². The Morgan fingerprint density at radius 3 is 2.19 bits per heavy atom. The molecule has 10 heteroatoms. The zero-order chi connectivity index (χ0) is 12.5. The smallest absolute Gasteiger partial charge is 0.394 e. The predicted octanol–water partition coefficient (Wildman–Crippen LogP) is -3.10. The van der Waals surface area contributed by atoms with E-state index in [4.69, 9.17) is 20.0 Å². The van der Waals surface area contributed by atoms with Crippen LogP contribution in [0.1, 0.15) is 0 Å². The zero-order valence-electron chi connectivity index (χ0n) is 7.95. The molecule has 1 saturated heterocycles. The van der Waals surface area contributed by atoms with Crippen LogP contribution in [-0.4, -0.2) is 67.5 Å². The van der Waals surface area contributed by atoms with E-state index in [0.29, 0.717) is 0 Å². The van der Waals surface area contributed by atoms with Gasteiger partial charge in [0.05, 0.1) is 6.61 Å². The fraction of sp³-hybridized carbons (Fsp3) is 1.00. The minimum Gasteiger partial charge on any atom is -0.394 e. The maximum absolute atomic E-state index is 10.6. The van der Waals surface area contributed by atoms with Crippen molar-refractivity contribution < 1.29 is 44.0 Å². The van der Waals surface area contributed by atoms with Crippen LogP contribution >= 0.6 is 7.82 Å². The molecule has 0 aromatic carbocycles. The third-order valence-electron chi connectivity index (χ3n) is 2.10. The molecule has 0 aliphatic carbocycles. The highest BCUT2D eigenvalue weighted by molar-refractivity contribution is 7.46. The number of phosphoric ester groups is 1. The van der Waals surface area contributed by atoms with Crippen molar-refractivity contribution in [2.24, 2.45) is 0 Å². The molecule has 9 nitrogen and oxygen atoms in total. The first-order valence-electron chi connectivity index (χ1n) is 4.30. The van der Waals surface area contributed by atoms with Crippen LogP contribution in [0.4, 0.5) is 0 Å². The summed E-state index contributed by atoms with van der Waals surface area (Å²) in [6.07, 6.45) is -8.30. The minimum absolute atomic E-state index is 0.745. The van der Waals surface area contributed by atoms with Crippen molar-refractivity contribution in [1.82, 2.24) is 0 Å². The third-order valence-corrected chi connectivity index (χ3v) is 2.62. The van der Waals surface area contributed by atoms with Crippen molar-refractivity contribution in [3.63, 3.8) is 0 Å². The molecule has 6 N–H and O–H groups in total. The molecule has 0 saturated carbocycles. The normalized spacial score (nSPS) is 41.0. The van der Waals surface area contributed by atoms with Crippen LogP contribution in [0.25, 0.3) is 0 Å². The van der Waals surface area contributed by atoms with Gasteiger partial charge in [-0.3, -0.25) is 4.52 Å². The Bertz CT molecular complexity index is 275. The van der Waals surface area contributed by atoms with Gasteiger partial charge in [-0.05, 0) is 0 Å². The summed E-state index contributed by atoms with van der Waals surface area (Å²) in [5, 5.41) is 36.5. The van der Waals surface area contributed by atoms with E-state index in [1.54, 1.807) is 0 Å². The van der Waals surface area contributed by atoms with Gasteiger partial charge in [0.25, 0.3) is 0 Å². The van der Waals surface area contributed by atoms with E-state index in [-0.39, 0.29) is 0 Å². The quantitative estimate of drug-likeness (QED) is 0.289. The highest BCUT2D eigenvalue weighted by Crippen LogP contribution is 2.41. The van der Waals surface area contributed by atoms with Crippen LogP contribution in [-0.2, 0) is 13.8 Å². The maximum Gasteiger partial charge on any atom is 0.470 e. The van der Waals surface area contributed by atoms with Crippen LogP contribution < -0.4 is 0 Å². The predicted molar refractivity (Wildman–Crippen MR) is 46.9 cm³/mol. The molecular formula is C6H13O9P. The number of aliphatic hydroxyl groups excluding tert-OH is 4. The van der Waals surface area contributed by atoms with E-state index in [1.165, 1.54) is 0 Å². The Kier molecular flexibility index (Phi) is 4.41. The van der Waals surface area contributed by atoms with Crippen molar-refractivity contribution in [2.75, 3.05) is 6.61 Å². The van der Waals surface area contributed by atoms with Crippen LogP contribution in [0.5, 0.6) is 0 Å². The molecule has 0 radical (unpaired) electrons. The lowest BCUT2D eigenvalue weighted by atomic mass is 9.99. The lowest BCUT2D eigenvalue weighted by molar-refractivity contribution is -0.283. The monoisotopic (exact) mass is 260 g/mol. The van der Waals surface area contributed by atoms with Crippen molar-refractivity contribution in [3.8, 4) is 0 Å². The third kappa shape index (κ3) is 3.20. The fourth-order valence-electron chi connectivity index (χ4n) is 1.36. The molecule has 5 atom stereocenters. The molecule has 0 unspecified atom stereocenters. The molecule has 0 bridgehead atoms. The summed E-state index contributed by atoms with van der Waals surface area (Å²) >= 11 is 0. The molecule has 96 valence electrons. The lowest BCUT2D eigenvalue weighted by Crippen LogP contribution is -2.59. The number of aliphatic hydroxyl groups is 4. The number of hydrogen-bond donors (Lipinski definition) is 6. The summed E-state index contributed by atoms with van der Waals surface area (Å²) in [6, 6.07) is 0. The number of rotatable bonds is 3. The van der Waals surface area contributed by atoms with Crippen molar-refractivity contribution >= 4 is 7.82 Å². The second kappa shape index (κ2) is 5.05. The molecule has 1 heterocycles. The Morgan fingerprint density at radius 2 is 1.75 bits per heavy atom. The summed E-state index contributed by atoms with van der Waals surface area (Å²) in [6.45, 7) is -0.745. The van der Waals surface area contributed by atoms with Crippen molar-refractivity contribution in [1.29, 1.82) is 0 Å². The molecule has 1 aliphatic heterocycles. The highest BCUT2D eigenvalue weighted by atomic mass is 31.2. The summed E-state index contributed by atoms with van der Waals surface area (Å²) in [7, 11) is -4.91. The van der Waals surface area contributed by atoms with Gasteiger partial charge in [-0.2, -0.15) is 0 Å². The van der Waals surface area contributed by atoms with E-state index in [2.05, 4.69) is 9.26 Å². The first-order chi connectivity index (χ1) is 7.26. The molecule has 0 aromatic rings. The molecule has 1 fully saturated rings. The first kappa shape index (κ1) is 14.0. The Balaban J connectivity index is 2.81. The van der Waals surface area contributed by atoms with Crippen LogP contribution in [0.2, 0.25) is 0 Å². The van der Waals surface area contributed by atoms with E-state index in [0.717, 1.165) is 0 Å². The number of phosphoric acid groups is 1. The summed E-state index contributed by atoms with van der Waals surface area (Å²) in [4.78, 5) is 17.1. The maximum atomic E-state index is 10.6. The van der Waals surface area contributed by atoms with E-state index >= 15 is 0 Å². The topological polar surface area (TPSA) is 157 Å². The standard InChI is InChI=1S/C6H13O9P/c7-1-2-5(15-16(11,12)13)3(8)4(9)6(10)14-2/h2-10H,1H2,(H2,11,12,13)/t2-,3-,4+,5-,6+/m1/s1. The second-order valence-corrected chi connectivity index (χ2v) is 4.48. The van der Waals surface area contributed by atoms with Gasteiger partial charge in [0.2, 0.25) is 0 Å².